The van der Waals surface area contributed by atoms with Crippen LogP contribution in [0.4, 0.5) is 13.2 Å². The summed E-state index contributed by atoms with van der Waals surface area (Å²) in [7, 11) is 0. The summed E-state index contributed by atoms with van der Waals surface area (Å²) in [6, 6.07) is 15.0. The van der Waals surface area contributed by atoms with Gasteiger partial charge in [-0.05, 0) is 65.9 Å². The van der Waals surface area contributed by atoms with Crippen molar-refractivity contribution >= 4 is 46.2 Å². The minimum atomic E-state index is -5.09. The third-order valence-corrected chi connectivity index (χ3v) is 7.11. The first-order chi connectivity index (χ1) is 21.2. The third kappa shape index (κ3) is 8.90. The summed E-state index contributed by atoms with van der Waals surface area (Å²) in [5.74, 6) is -3.09. The zero-order chi connectivity index (χ0) is 32.9. The van der Waals surface area contributed by atoms with Gasteiger partial charge in [-0.25, -0.2) is 4.79 Å². The number of fused-ring (bicyclic) bond motifs is 1. The van der Waals surface area contributed by atoms with Crippen LogP contribution in [0.25, 0.3) is 17.0 Å². The molecule has 4 rings (SSSR count). The van der Waals surface area contributed by atoms with Gasteiger partial charge in [0.25, 0.3) is 5.76 Å². The van der Waals surface area contributed by atoms with Crippen molar-refractivity contribution in [3.63, 3.8) is 0 Å². The lowest BCUT2D eigenvalue weighted by Gasteiger charge is -2.27. The van der Waals surface area contributed by atoms with Gasteiger partial charge in [0.15, 0.2) is 0 Å². The van der Waals surface area contributed by atoms with Gasteiger partial charge in [0.2, 0.25) is 11.2 Å². The fraction of sp³-hybridized carbons (Fsp3) is 0.294. The van der Waals surface area contributed by atoms with Crippen molar-refractivity contribution in [2.45, 2.75) is 40.4 Å². The molecule has 0 radical (unpaired) electrons. The van der Waals surface area contributed by atoms with E-state index in [0.29, 0.717) is 28.7 Å². The molecule has 0 spiro atoms. The molecule has 0 atom stereocenters. The molecule has 0 bridgehead atoms. The van der Waals surface area contributed by atoms with Crippen molar-refractivity contribution in [1.82, 2.24) is 4.90 Å². The van der Waals surface area contributed by atoms with E-state index in [1.54, 1.807) is 24.3 Å². The van der Waals surface area contributed by atoms with Crippen molar-refractivity contribution in [3.05, 3.63) is 104 Å². The standard InChI is InChI=1S/C34H32Cl2F3NO5/c1-20(2)17-40(18-21(3)4)19-26-28(44-29(41)16-9-22-7-5-6-8-27(22)36)15-14-25-30(42)32(33(34(37,38)39)45-31(25)26)43-24-12-10-23(35)11-13-24/h5-16,20-21H,17-19H2,1-4H3/b16-9+. The Morgan fingerprint density at radius 1 is 0.956 bits per heavy atom. The van der Waals surface area contributed by atoms with Crippen LogP contribution in [-0.4, -0.2) is 24.0 Å². The SMILES string of the molecule is CC(C)CN(Cc1c(OC(=O)/C=C/c2ccccc2Cl)ccc2c(=O)c(Oc3ccc(Cl)cc3)c(C(F)(F)F)oc12)CC(C)C. The molecular formula is C34H32Cl2F3NO5. The first kappa shape index (κ1) is 34.1. The van der Waals surface area contributed by atoms with Crippen LogP contribution in [0.2, 0.25) is 10.0 Å². The van der Waals surface area contributed by atoms with Crippen molar-refractivity contribution < 1.29 is 31.9 Å². The maximum Gasteiger partial charge on any atom is 0.453 e. The van der Waals surface area contributed by atoms with E-state index in [4.69, 9.17) is 37.1 Å². The van der Waals surface area contributed by atoms with Gasteiger partial charge in [0.1, 0.15) is 17.1 Å². The summed E-state index contributed by atoms with van der Waals surface area (Å²) >= 11 is 12.1. The van der Waals surface area contributed by atoms with E-state index in [0.717, 1.165) is 6.08 Å². The summed E-state index contributed by atoms with van der Waals surface area (Å²) < 4.78 is 59.8. The molecule has 11 heteroatoms. The molecule has 0 amide bonds. The lowest BCUT2D eigenvalue weighted by Crippen LogP contribution is -2.31. The number of carbonyl (C=O) groups excluding carboxylic acids is 1. The van der Waals surface area contributed by atoms with Crippen molar-refractivity contribution in [3.8, 4) is 17.2 Å². The Bertz CT molecular complexity index is 1740. The van der Waals surface area contributed by atoms with E-state index in [2.05, 4.69) is 0 Å². The molecule has 3 aromatic carbocycles. The summed E-state index contributed by atoms with van der Waals surface area (Å²) in [6.45, 7) is 9.27. The molecule has 0 saturated heterocycles. The van der Waals surface area contributed by atoms with Crippen LogP contribution >= 0.6 is 23.2 Å². The first-order valence-corrected chi connectivity index (χ1v) is 15.0. The van der Waals surface area contributed by atoms with Gasteiger partial charge in [0.05, 0.1) is 10.9 Å². The zero-order valence-corrected chi connectivity index (χ0v) is 26.6. The Labute approximate surface area is 268 Å². The minimum absolute atomic E-state index is 0.0346. The fourth-order valence-corrected chi connectivity index (χ4v) is 5.12. The highest BCUT2D eigenvalue weighted by molar-refractivity contribution is 6.32. The molecule has 0 aliphatic carbocycles. The van der Waals surface area contributed by atoms with E-state index in [-0.39, 0.29) is 46.4 Å². The van der Waals surface area contributed by atoms with Gasteiger partial charge in [-0.15, -0.1) is 0 Å². The molecule has 6 nitrogen and oxygen atoms in total. The van der Waals surface area contributed by atoms with Gasteiger partial charge in [-0.1, -0.05) is 69.1 Å². The molecular weight excluding hydrogens is 630 g/mol. The number of halogens is 5. The summed E-state index contributed by atoms with van der Waals surface area (Å²) in [5, 5.41) is 0.594. The van der Waals surface area contributed by atoms with E-state index in [1.807, 2.05) is 32.6 Å². The van der Waals surface area contributed by atoms with Crippen molar-refractivity contribution in [2.75, 3.05) is 13.1 Å². The Balaban J connectivity index is 1.87. The molecule has 1 heterocycles. The molecule has 0 fully saturated rings. The van der Waals surface area contributed by atoms with Crippen molar-refractivity contribution in [2.24, 2.45) is 11.8 Å². The van der Waals surface area contributed by atoms with Gasteiger partial charge >= 0.3 is 12.1 Å². The summed E-state index contributed by atoms with van der Waals surface area (Å²) in [4.78, 5) is 28.6. The Morgan fingerprint density at radius 2 is 1.60 bits per heavy atom. The van der Waals surface area contributed by atoms with Gasteiger partial charge < -0.3 is 13.9 Å². The van der Waals surface area contributed by atoms with E-state index >= 15 is 0 Å². The molecule has 0 aliphatic rings. The highest BCUT2D eigenvalue weighted by atomic mass is 35.5. The maximum atomic E-state index is 14.4. The molecule has 0 aliphatic heterocycles. The number of hydrogen-bond donors (Lipinski definition) is 0. The molecule has 0 unspecified atom stereocenters. The highest BCUT2D eigenvalue weighted by Gasteiger charge is 2.41. The maximum absolute atomic E-state index is 14.4. The summed E-state index contributed by atoms with van der Waals surface area (Å²) in [6.07, 6.45) is -2.46. The second-order valence-corrected chi connectivity index (χ2v) is 12.2. The lowest BCUT2D eigenvalue weighted by molar-refractivity contribution is -0.154. The number of benzene rings is 3. The molecule has 0 N–H and O–H groups in total. The number of alkyl halides is 3. The second kappa shape index (κ2) is 14.5. The Morgan fingerprint density at radius 3 is 2.20 bits per heavy atom. The highest BCUT2D eigenvalue weighted by Crippen LogP contribution is 2.40. The predicted molar refractivity (Wildman–Crippen MR) is 170 cm³/mol. The van der Waals surface area contributed by atoms with Crippen LogP contribution in [0.15, 0.2) is 76.0 Å². The van der Waals surface area contributed by atoms with Crippen molar-refractivity contribution in [1.29, 1.82) is 0 Å². The van der Waals surface area contributed by atoms with Gasteiger partial charge in [-0.2, -0.15) is 13.2 Å². The number of rotatable bonds is 11. The molecule has 238 valence electrons. The Hall–Kier alpha value is -3.79. The normalized spacial score (nSPS) is 12.2. The zero-order valence-electron chi connectivity index (χ0n) is 25.1. The van der Waals surface area contributed by atoms with E-state index in [9.17, 15) is 22.8 Å². The summed E-state index contributed by atoms with van der Waals surface area (Å²) in [5.41, 5.74) is -0.693. The number of hydrogen-bond acceptors (Lipinski definition) is 6. The van der Waals surface area contributed by atoms with Crippen LogP contribution in [0, 0.1) is 11.8 Å². The molecule has 1 aromatic heterocycles. The average molecular weight is 663 g/mol. The van der Waals surface area contributed by atoms with E-state index < -0.39 is 29.1 Å². The van der Waals surface area contributed by atoms with Crippen LogP contribution in [0.1, 0.15) is 44.6 Å². The average Bonchev–Trinajstić information content (AvgIpc) is 2.95. The Kier molecular flexibility index (Phi) is 11.0. The number of carbonyl (C=O) groups is 1. The quantitative estimate of drug-likeness (QED) is 0.0905. The monoisotopic (exact) mass is 661 g/mol. The minimum Gasteiger partial charge on any atom is -0.449 e. The number of esters is 1. The third-order valence-electron chi connectivity index (χ3n) is 6.51. The molecule has 4 aromatic rings. The molecule has 0 saturated carbocycles. The molecule has 45 heavy (non-hydrogen) atoms. The topological polar surface area (TPSA) is 69.0 Å². The number of nitrogens with zero attached hydrogens (tertiary/aromatic N) is 1. The van der Waals surface area contributed by atoms with Crippen LogP contribution in [0.5, 0.6) is 17.2 Å². The lowest BCUT2D eigenvalue weighted by atomic mass is 10.1. The van der Waals surface area contributed by atoms with E-state index in [1.165, 1.54) is 42.5 Å². The largest absolute Gasteiger partial charge is 0.453 e. The van der Waals surface area contributed by atoms with Gasteiger partial charge in [-0.3, -0.25) is 9.69 Å². The second-order valence-electron chi connectivity index (χ2n) is 11.3. The van der Waals surface area contributed by atoms with Crippen LogP contribution < -0.4 is 14.9 Å². The first-order valence-electron chi connectivity index (χ1n) is 14.2. The predicted octanol–water partition coefficient (Wildman–Crippen LogP) is 9.64. The van der Waals surface area contributed by atoms with Gasteiger partial charge in [0, 0.05) is 35.8 Å². The smallest absolute Gasteiger partial charge is 0.449 e. The van der Waals surface area contributed by atoms with Crippen LogP contribution in [-0.2, 0) is 17.5 Å². The number of ether oxygens (including phenoxy) is 2. The fourth-order valence-electron chi connectivity index (χ4n) is 4.79. The van der Waals surface area contributed by atoms with Crippen LogP contribution in [0.3, 0.4) is 0 Å².